The molecule has 0 spiro atoms. The maximum absolute atomic E-state index is 5.85. The van der Waals surface area contributed by atoms with Gasteiger partial charge in [0.15, 0.2) is 0 Å². The number of aryl methyl sites for hydroxylation is 1. The van der Waals surface area contributed by atoms with Crippen LogP contribution in [0.3, 0.4) is 0 Å². The van der Waals surface area contributed by atoms with Crippen molar-refractivity contribution in [2.75, 3.05) is 12.4 Å². The predicted octanol–water partition coefficient (Wildman–Crippen LogP) is 2.26. The number of aromatic nitrogens is 2. The summed E-state index contributed by atoms with van der Waals surface area (Å²) in [5, 5.41) is 7.61. The summed E-state index contributed by atoms with van der Waals surface area (Å²) in [4.78, 5) is 0. The Morgan fingerprint density at radius 3 is 2.80 bits per heavy atom. The zero-order valence-corrected chi connectivity index (χ0v) is 10.5. The fourth-order valence-corrected chi connectivity index (χ4v) is 1.36. The minimum atomic E-state index is 0.155. The van der Waals surface area contributed by atoms with Crippen molar-refractivity contribution in [3.63, 3.8) is 0 Å². The van der Waals surface area contributed by atoms with Gasteiger partial charge < -0.3 is 5.32 Å². The summed E-state index contributed by atoms with van der Waals surface area (Å²) < 4.78 is 1.93. The highest BCUT2D eigenvalue weighted by Crippen LogP contribution is 2.15. The van der Waals surface area contributed by atoms with E-state index in [4.69, 9.17) is 11.6 Å². The van der Waals surface area contributed by atoms with Gasteiger partial charge in [-0.2, -0.15) is 5.10 Å². The summed E-state index contributed by atoms with van der Waals surface area (Å²) in [5.74, 6) is 0.675. The molecule has 0 fully saturated rings. The van der Waals surface area contributed by atoms with Gasteiger partial charge in [0.25, 0.3) is 0 Å². The van der Waals surface area contributed by atoms with Gasteiger partial charge in [-0.05, 0) is 12.3 Å². The molecule has 1 aromatic heterocycles. The predicted molar refractivity (Wildman–Crippen MR) is 64.1 cm³/mol. The van der Waals surface area contributed by atoms with Crippen LogP contribution >= 0.6 is 11.6 Å². The molecule has 0 unspecified atom stereocenters. The Kier molecular flexibility index (Phi) is 4.61. The number of halogens is 1. The summed E-state index contributed by atoms with van der Waals surface area (Å²) in [6, 6.07) is 0. The van der Waals surface area contributed by atoms with E-state index in [2.05, 4.69) is 37.4 Å². The second kappa shape index (κ2) is 5.52. The van der Waals surface area contributed by atoms with Gasteiger partial charge in [-0.1, -0.05) is 13.8 Å². The minimum Gasteiger partial charge on any atom is -0.312 e. The highest BCUT2D eigenvalue weighted by molar-refractivity contribution is 6.18. The molecule has 1 rings (SSSR count). The summed E-state index contributed by atoms with van der Waals surface area (Å²) in [5.41, 5.74) is 1.38. The van der Waals surface area contributed by atoms with E-state index in [0.717, 1.165) is 19.6 Å². The van der Waals surface area contributed by atoms with Gasteiger partial charge in [-0.25, -0.2) is 0 Å². The van der Waals surface area contributed by atoms with E-state index in [1.165, 1.54) is 5.56 Å². The first-order valence-corrected chi connectivity index (χ1v) is 5.89. The lowest BCUT2D eigenvalue weighted by atomic mass is 9.96. The van der Waals surface area contributed by atoms with Gasteiger partial charge in [-0.15, -0.1) is 11.6 Å². The van der Waals surface area contributed by atoms with Crippen LogP contribution in [0.15, 0.2) is 12.4 Å². The van der Waals surface area contributed by atoms with E-state index < -0.39 is 0 Å². The van der Waals surface area contributed by atoms with Crippen LogP contribution in [0.1, 0.15) is 26.3 Å². The monoisotopic (exact) mass is 229 g/mol. The molecule has 15 heavy (non-hydrogen) atoms. The van der Waals surface area contributed by atoms with Crippen LogP contribution in [-0.4, -0.2) is 22.2 Å². The van der Waals surface area contributed by atoms with E-state index in [-0.39, 0.29) is 5.41 Å². The summed E-state index contributed by atoms with van der Waals surface area (Å²) >= 11 is 5.85. The number of hydrogen-bond donors (Lipinski definition) is 1. The van der Waals surface area contributed by atoms with Gasteiger partial charge in [0, 0.05) is 37.3 Å². The summed E-state index contributed by atoms with van der Waals surface area (Å²) in [6.45, 7) is 9.10. The largest absolute Gasteiger partial charge is 0.312 e. The van der Waals surface area contributed by atoms with Crippen LogP contribution in [0.2, 0.25) is 0 Å². The third kappa shape index (κ3) is 4.22. The first-order chi connectivity index (χ1) is 7.07. The number of nitrogens with one attached hydrogen (secondary N) is 1. The first-order valence-electron chi connectivity index (χ1n) is 5.35. The second-order valence-electron chi connectivity index (χ2n) is 4.61. The van der Waals surface area contributed by atoms with Crippen molar-refractivity contribution < 1.29 is 0 Å². The third-order valence-corrected chi connectivity index (χ3v) is 3.03. The molecule has 0 saturated heterocycles. The lowest BCUT2D eigenvalue weighted by Gasteiger charge is -2.21. The lowest BCUT2D eigenvalue weighted by molar-refractivity contribution is 0.385. The van der Waals surface area contributed by atoms with Crippen LogP contribution < -0.4 is 5.32 Å². The fraction of sp³-hybridized carbons (Fsp3) is 0.727. The van der Waals surface area contributed by atoms with Crippen LogP contribution in [-0.2, 0) is 13.1 Å². The molecule has 0 saturated carbocycles. The smallest absolute Gasteiger partial charge is 0.0534 e. The molecule has 1 aromatic rings. The Labute approximate surface area is 96.8 Å². The quantitative estimate of drug-likeness (QED) is 0.759. The first kappa shape index (κ1) is 12.5. The number of hydrogen-bond acceptors (Lipinski definition) is 2. The van der Waals surface area contributed by atoms with Crippen molar-refractivity contribution in [3.05, 3.63) is 18.0 Å². The standard InChI is InChI=1S/C11H20ClN3/c1-4-15-7-10(6-14-15)5-13-9-11(2,3)8-12/h6-7,13H,4-5,8-9H2,1-3H3. The molecule has 0 aromatic carbocycles. The van der Waals surface area contributed by atoms with Crippen molar-refractivity contribution in [2.24, 2.45) is 5.41 Å². The normalized spacial score (nSPS) is 12.0. The van der Waals surface area contributed by atoms with Crippen molar-refractivity contribution in [1.29, 1.82) is 0 Å². The molecule has 0 atom stereocenters. The Hall–Kier alpha value is -0.540. The van der Waals surface area contributed by atoms with Crippen LogP contribution in [0.5, 0.6) is 0 Å². The van der Waals surface area contributed by atoms with Crippen molar-refractivity contribution in [3.8, 4) is 0 Å². The van der Waals surface area contributed by atoms with E-state index >= 15 is 0 Å². The highest BCUT2D eigenvalue weighted by Gasteiger charge is 2.15. The maximum atomic E-state index is 5.85. The van der Waals surface area contributed by atoms with E-state index in [9.17, 15) is 0 Å². The Morgan fingerprint density at radius 2 is 2.27 bits per heavy atom. The molecule has 0 radical (unpaired) electrons. The molecule has 0 amide bonds. The van der Waals surface area contributed by atoms with Crippen molar-refractivity contribution >= 4 is 11.6 Å². The molecular formula is C11H20ClN3. The molecule has 0 bridgehead atoms. The summed E-state index contributed by atoms with van der Waals surface area (Å²) in [6.07, 6.45) is 3.98. The van der Waals surface area contributed by atoms with Crippen molar-refractivity contribution in [2.45, 2.75) is 33.9 Å². The summed E-state index contributed by atoms with van der Waals surface area (Å²) in [7, 11) is 0. The third-order valence-electron chi connectivity index (χ3n) is 2.31. The topological polar surface area (TPSA) is 29.9 Å². The van der Waals surface area contributed by atoms with E-state index in [1.807, 2.05) is 10.9 Å². The molecular weight excluding hydrogens is 210 g/mol. The van der Waals surface area contributed by atoms with Crippen molar-refractivity contribution in [1.82, 2.24) is 15.1 Å². The molecule has 1 heterocycles. The molecule has 0 aliphatic heterocycles. The molecule has 0 aliphatic carbocycles. The van der Waals surface area contributed by atoms with Crippen LogP contribution in [0.4, 0.5) is 0 Å². The SMILES string of the molecule is CCn1cc(CNCC(C)(C)CCl)cn1. The zero-order chi connectivity index (χ0) is 11.3. The molecule has 0 aliphatic rings. The minimum absolute atomic E-state index is 0.155. The molecule has 3 nitrogen and oxygen atoms in total. The van der Waals surface area contributed by atoms with E-state index in [1.54, 1.807) is 0 Å². The van der Waals surface area contributed by atoms with Gasteiger partial charge in [0.2, 0.25) is 0 Å². The van der Waals surface area contributed by atoms with Gasteiger partial charge >= 0.3 is 0 Å². The Balaban J connectivity index is 2.31. The number of rotatable bonds is 6. The van der Waals surface area contributed by atoms with Gasteiger partial charge in [-0.3, -0.25) is 4.68 Å². The zero-order valence-electron chi connectivity index (χ0n) is 9.76. The Bertz CT molecular complexity index is 294. The second-order valence-corrected chi connectivity index (χ2v) is 4.87. The molecule has 4 heteroatoms. The average Bonchev–Trinajstić information content (AvgIpc) is 2.66. The highest BCUT2D eigenvalue weighted by atomic mass is 35.5. The van der Waals surface area contributed by atoms with Crippen LogP contribution in [0, 0.1) is 5.41 Å². The van der Waals surface area contributed by atoms with Gasteiger partial charge in [0.1, 0.15) is 0 Å². The molecule has 86 valence electrons. The van der Waals surface area contributed by atoms with Gasteiger partial charge in [0.05, 0.1) is 6.20 Å². The fourth-order valence-electron chi connectivity index (χ4n) is 1.26. The van der Waals surface area contributed by atoms with E-state index in [0.29, 0.717) is 5.88 Å². The average molecular weight is 230 g/mol. The maximum Gasteiger partial charge on any atom is 0.0534 e. The Morgan fingerprint density at radius 1 is 1.53 bits per heavy atom. The lowest BCUT2D eigenvalue weighted by Crippen LogP contribution is -2.30. The molecule has 1 N–H and O–H groups in total. The number of nitrogens with zero attached hydrogens (tertiary/aromatic N) is 2. The number of alkyl halides is 1. The van der Waals surface area contributed by atoms with Crippen LogP contribution in [0.25, 0.3) is 0 Å².